The number of nitrogens with zero attached hydrogens (tertiary/aromatic N) is 1. The summed E-state index contributed by atoms with van der Waals surface area (Å²) < 4.78 is 26.7. The van der Waals surface area contributed by atoms with Crippen LogP contribution in [0.3, 0.4) is 0 Å². The van der Waals surface area contributed by atoms with Gasteiger partial charge in [-0.15, -0.1) is 0 Å². The number of amides is 1. The molecule has 146 valence electrons. The van der Waals surface area contributed by atoms with Crippen molar-refractivity contribution in [3.05, 3.63) is 65.7 Å². The molecule has 2 rings (SSSR count). The van der Waals surface area contributed by atoms with E-state index in [1.807, 2.05) is 32.0 Å². The normalized spacial score (nSPS) is 12.7. The summed E-state index contributed by atoms with van der Waals surface area (Å²) in [6.07, 6.45) is 1.66. The predicted octanol–water partition coefficient (Wildman–Crippen LogP) is 3.14. The average Bonchev–Trinajstić information content (AvgIpc) is 2.65. The molecule has 5 nitrogen and oxygen atoms in total. The molecule has 2 aromatic carbocycles. The zero-order valence-electron chi connectivity index (χ0n) is 16.2. The lowest BCUT2D eigenvalue weighted by atomic mass is 10.1. The Bertz CT molecular complexity index is 833. The molecule has 0 aliphatic rings. The summed E-state index contributed by atoms with van der Waals surface area (Å²) in [7, 11) is -3.68. The minimum Gasteiger partial charge on any atom is -0.352 e. The minimum atomic E-state index is -3.68. The molecule has 0 aliphatic heterocycles. The summed E-state index contributed by atoms with van der Waals surface area (Å²) in [5.41, 5.74) is 2.21. The average molecular weight is 389 g/mol. The maximum Gasteiger partial charge on any atom is 0.243 e. The third-order valence-electron chi connectivity index (χ3n) is 4.45. The topological polar surface area (TPSA) is 66.5 Å². The molecule has 0 fully saturated rings. The second-order valence-corrected chi connectivity index (χ2v) is 8.68. The summed E-state index contributed by atoms with van der Waals surface area (Å²) >= 11 is 0. The molecule has 0 unspecified atom stereocenters. The van der Waals surface area contributed by atoms with E-state index in [4.69, 9.17) is 0 Å². The van der Waals surface area contributed by atoms with E-state index < -0.39 is 10.0 Å². The van der Waals surface area contributed by atoms with Crippen molar-refractivity contribution in [2.24, 2.45) is 0 Å². The molecule has 6 heteroatoms. The Morgan fingerprint density at radius 3 is 2.30 bits per heavy atom. The highest BCUT2D eigenvalue weighted by atomic mass is 32.2. The van der Waals surface area contributed by atoms with Gasteiger partial charge in [0.15, 0.2) is 0 Å². The number of carbonyl (C=O) groups is 1. The predicted molar refractivity (Wildman–Crippen MR) is 108 cm³/mol. The molecule has 0 aromatic heterocycles. The fraction of sp³-hybridized carbons (Fsp3) is 0.381. The fourth-order valence-electron chi connectivity index (χ4n) is 2.81. The van der Waals surface area contributed by atoms with E-state index in [2.05, 4.69) is 17.4 Å². The quantitative estimate of drug-likeness (QED) is 0.718. The van der Waals surface area contributed by atoms with Crippen molar-refractivity contribution >= 4 is 15.9 Å². The Kier molecular flexibility index (Phi) is 7.56. The van der Waals surface area contributed by atoms with Crippen LogP contribution < -0.4 is 5.32 Å². The molecule has 0 saturated carbocycles. The molecule has 0 spiro atoms. The van der Waals surface area contributed by atoms with Gasteiger partial charge in [-0.2, -0.15) is 4.31 Å². The number of benzene rings is 2. The molecule has 0 saturated heterocycles. The molecule has 2 aromatic rings. The zero-order chi connectivity index (χ0) is 19.9. The fourth-order valence-corrected chi connectivity index (χ4v) is 4.21. The first-order valence-electron chi connectivity index (χ1n) is 9.23. The van der Waals surface area contributed by atoms with Crippen molar-refractivity contribution in [1.29, 1.82) is 0 Å². The standard InChI is InChI=1S/C21H28N2O3S/c1-4-23(27(25,26)20-14-10-17(2)11-15-20)16-21(24)22-18(3)12-13-19-8-6-5-7-9-19/h5-11,14-15,18H,4,12-13,16H2,1-3H3,(H,22,24)/t18-/m1/s1. The number of carbonyl (C=O) groups excluding carboxylic acids is 1. The van der Waals surface area contributed by atoms with Crippen molar-refractivity contribution in [1.82, 2.24) is 9.62 Å². The summed E-state index contributed by atoms with van der Waals surface area (Å²) in [6.45, 7) is 5.63. The van der Waals surface area contributed by atoms with Gasteiger partial charge in [-0.05, 0) is 44.4 Å². The van der Waals surface area contributed by atoms with Crippen molar-refractivity contribution in [3.8, 4) is 0 Å². The lowest BCUT2D eigenvalue weighted by molar-refractivity contribution is -0.121. The molecular formula is C21H28N2O3S. The third-order valence-corrected chi connectivity index (χ3v) is 6.38. The molecule has 0 heterocycles. The highest BCUT2D eigenvalue weighted by Crippen LogP contribution is 2.16. The number of nitrogens with one attached hydrogen (secondary N) is 1. The van der Waals surface area contributed by atoms with Crippen LogP contribution >= 0.6 is 0 Å². The molecular weight excluding hydrogens is 360 g/mol. The monoisotopic (exact) mass is 388 g/mol. The van der Waals surface area contributed by atoms with Gasteiger partial charge in [-0.3, -0.25) is 4.79 Å². The van der Waals surface area contributed by atoms with E-state index in [-0.39, 0.29) is 29.9 Å². The van der Waals surface area contributed by atoms with Crippen molar-refractivity contribution < 1.29 is 13.2 Å². The first kappa shape index (κ1) is 21.1. The number of likely N-dealkylation sites (N-methyl/N-ethyl adjacent to an activating group) is 1. The minimum absolute atomic E-state index is 0.0292. The van der Waals surface area contributed by atoms with E-state index in [0.29, 0.717) is 0 Å². The summed E-state index contributed by atoms with van der Waals surface area (Å²) in [5.74, 6) is -0.284. The Labute approximate surface area is 162 Å². The lowest BCUT2D eigenvalue weighted by Gasteiger charge is -2.21. The maximum absolute atomic E-state index is 12.8. The molecule has 0 radical (unpaired) electrons. The summed E-state index contributed by atoms with van der Waals surface area (Å²) in [5, 5.41) is 2.90. The van der Waals surface area contributed by atoms with Crippen molar-refractivity contribution in [3.63, 3.8) is 0 Å². The molecule has 1 atom stereocenters. The van der Waals surface area contributed by atoms with Crippen LogP contribution in [-0.4, -0.2) is 37.8 Å². The number of rotatable bonds is 9. The number of hydrogen-bond acceptors (Lipinski definition) is 3. The number of hydrogen-bond donors (Lipinski definition) is 1. The van der Waals surface area contributed by atoms with E-state index in [1.165, 1.54) is 9.87 Å². The van der Waals surface area contributed by atoms with Crippen LogP contribution in [0.25, 0.3) is 0 Å². The van der Waals surface area contributed by atoms with Gasteiger partial charge in [0, 0.05) is 12.6 Å². The van der Waals surface area contributed by atoms with Gasteiger partial charge in [0.05, 0.1) is 11.4 Å². The lowest BCUT2D eigenvalue weighted by Crippen LogP contribution is -2.43. The largest absolute Gasteiger partial charge is 0.352 e. The van der Waals surface area contributed by atoms with E-state index >= 15 is 0 Å². The van der Waals surface area contributed by atoms with Gasteiger partial charge in [0.25, 0.3) is 0 Å². The van der Waals surface area contributed by atoms with Gasteiger partial charge in [-0.1, -0.05) is 55.0 Å². The second kappa shape index (κ2) is 9.67. The molecule has 1 amide bonds. The third kappa shape index (κ3) is 6.19. The summed E-state index contributed by atoms with van der Waals surface area (Å²) in [6, 6.07) is 16.7. The van der Waals surface area contributed by atoms with Gasteiger partial charge in [0.2, 0.25) is 15.9 Å². The smallest absolute Gasteiger partial charge is 0.243 e. The van der Waals surface area contributed by atoms with Crippen molar-refractivity contribution in [2.45, 2.75) is 44.6 Å². The first-order valence-corrected chi connectivity index (χ1v) is 10.7. The Morgan fingerprint density at radius 1 is 1.07 bits per heavy atom. The maximum atomic E-state index is 12.8. The molecule has 0 aliphatic carbocycles. The van der Waals surface area contributed by atoms with Crippen LogP contribution in [0, 0.1) is 6.92 Å². The summed E-state index contributed by atoms with van der Waals surface area (Å²) in [4.78, 5) is 12.6. The highest BCUT2D eigenvalue weighted by molar-refractivity contribution is 7.89. The van der Waals surface area contributed by atoms with Gasteiger partial charge < -0.3 is 5.32 Å². The number of sulfonamides is 1. The first-order chi connectivity index (χ1) is 12.8. The van der Waals surface area contributed by atoms with Crippen LogP contribution in [0.1, 0.15) is 31.4 Å². The van der Waals surface area contributed by atoms with Crippen LogP contribution in [0.4, 0.5) is 0 Å². The van der Waals surface area contributed by atoms with Gasteiger partial charge >= 0.3 is 0 Å². The molecule has 1 N–H and O–H groups in total. The molecule has 27 heavy (non-hydrogen) atoms. The Balaban J connectivity index is 1.92. The van der Waals surface area contributed by atoms with Crippen LogP contribution in [0.2, 0.25) is 0 Å². The Hall–Kier alpha value is -2.18. The SMILES string of the molecule is CCN(CC(=O)N[C@H](C)CCc1ccccc1)S(=O)(=O)c1ccc(C)cc1. The van der Waals surface area contributed by atoms with E-state index in [1.54, 1.807) is 31.2 Å². The second-order valence-electron chi connectivity index (χ2n) is 6.74. The van der Waals surface area contributed by atoms with Crippen molar-refractivity contribution in [2.75, 3.05) is 13.1 Å². The highest BCUT2D eigenvalue weighted by Gasteiger charge is 2.25. The van der Waals surface area contributed by atoms with Crippen LogP contribution in [0.5, 0.6) is 0 Å². The Morgan fingerprint density at radius 2 is 1.70 bits per heavy atom. The zero-order valence-corrected chi connectivity index (χ0v) is 17.0. The van der Waals surface area contributed by atoms with E-state index in [9.17, 15) is 13.2 Å². The van der Waals surface area contributed by atoms with Gasteiger partial charge in [-0.25, -0.2) is 8.42 Å². The van der Waals surface area contributed by atoms with Gasteiger partial charge in [0.1, 0.15) is 0 Å². The molecule has 0 bridgehead atoms. The van der Waals surface area contributed by atoms with E-state index in [0.717, 1.165) is 18.4 Å². The van der Waals surface area contributed by atoms with Crippen LogP contribution in [-0.2, 0) is 21.2 Å². The van der Waals surface area contributed by atoms with Crippen LogP contribution in [0.15, 0.2) is 59.5 Å². The number of aryl methyl sites for hydroxylation is 2.